The van der Waals surface area contributed by atoms with Crippen LogP contribution in [-0.2, 0) is 22.4 Å². The predicted molar refractivity (Wildman–Crippen MR) is 191 cm³/mol. The minimum absolute atomic E-state index is 0.0913. The molecule has 0 unspecified atom stereocenters. The Morgan fingerprint density at radius 3 is 1.08 bits per heavy atom. The summed E-state index contributed by atoms with van der Waals surface area (Å²) in [7, 11) is -18.1. The molecule has 53 heavy (non-hydrogen) atoms. The molecule has 3 aliphatic heterocycles. The van der Waals surface area contributed by atoms with Crippen LogP contribution in [0.3, 0.4) is 0 Å². The second-order valence-electron chi connectivity index (χ2n) is 15.4. The van der Waals surface area contributed by atoms with E-state index in [2.05, 4.69) is 112 Å². The minimum Gasteiger partial charge on any atom is -0.418 e. The van der Waals surface area contributed by atoms with E-state index in [4.69, 9.17) is 9.31 Å². The fourth-order valence-electron chi connectivity index (χ4n) is 5.58. The quantitative estimate of drug-likeness (QED) is 0.222. The Labute approximate surface area is 340 Å². The molecule has 3 heterocycles. The maximum Gasteiger partial charge on any atom is 0.673 e. The summed E-state index contributed by atoms with van der Waals surface area (Å²) in [5.41, 5.74) is 2.38. The molecule has 0 radical (unpaired) electrons. The van der Waals surface area contributed by atoms with Crippen molar-refractivity contribution >= 4 is 77.8 Å². The first-order valence-electron chi connectivity index (χ1n) is 17.4. The van der Waals surface area contributed by atoms with E-state index in [0.29, 0.717) is 0 Å². The Morgan fingerprint density at radius 1 is 0.528 bits per heavy atom. The van der Waals surface area contributed by atoms with Crippen LogP contribution in [0.15, 0.2) is 60.7 Å². The third-order valence-electron chi connectivity index (χ3n) is 9.53. The van der Waals surface area contributed by atoms with Gasteiger partial charge in [0.2, 0.25) is 0 Å². The van der Waals surface area contributed by atoms with Gasteiger partial charge >= 0.3 is 158 Å². The van der Waals surface area contributed by atoms with E-state index in [1.165, 1.54) is 37.1 Å². The molecule has 2 aromatic rings. The molecular formula is C32H48B4F12KN2O2-3. The summed E-state index contributed by atoms with van der Waals surface area (Å²) >= 11 is 0.985. The molecule has 3 saturated heterocycles. The Hall–Kier alpha value is -0.664. The zero-order chi connectivity index (χ0) is 40.9. The molecule has 3 fully saturated rings. The van der Waals surface area contributed by atoms with E-state index in [1.54, 1.807) is 0 Å². The Bertz CT molecular complexity index is 1250. The Morgan fingerprint density at radius 2 is 0.792 bits per heavy atom. The summed E-state index contributed by atoms with van der Waals surface area (Å²) in [6, 6.07) is 21.6. The summed E-state index contributed by atoms with van der Waals surface area (Å²) in [6.45, 7) is 20.3. The van der Waals surface area contributed by atoms with Crippen molar-refractivity contribution in [1.82, 2.24) is 9.80 Å². The molecule has 0 atom stereocenters. The van der Waals surface area contributed by atoms with Crippen molar-refractivity contribution < 1.29 is 61.1 Å². The van der Waals surface area contributed by atoms with E-state index in [9.17, 15) is 51.8 Å². The smallest absolute Gasteiger partial charge is 0.418 e. The number of rotatable bonds is 5. The number of benzene rings is 2. The first-order chi connectivity index (χ1) is 23.9. The van der Waals surface area contributed by atoms with Gasteiger partial charge in [-0.1, -0.05) is 37.3 Å². The average Bonchev–Trinajstić information content (AvgIpc) is 3.21. The van der Waals surface area contributed by atoms with Crippen LogP contribution in [0.25, 0.3) is 0 Å². The standard InChI is InChI=1S/C19H30BNO2.C13H18N.3BF4.K/c1-17(2)18(3,4)23-20(22-17)19(5)11-13-21(14-12-19)15-16-9-7-6-8-10-16;1-12-7-9-14(10-8-12)11-13-5-3-2-4-6-13;3*2-1(3,4)5;/h6-10H,11-15H2,1-5H3;2-6H,7-11H2,1H3;;;;/q;;3*-1;. The maximum absolute atomic E-state index is 9.75. The number of piperidine rings is 2. The van der Waals surface area contributed by atoms with Crippen LogP contribution in [0.2, 0.25) is 4.82 Å². The zero-order valence-corrected chi connectivity index (χ0v) is 34.5. The molecule has 0 spiro atoms. The molecule has 3 aliphatic rings. The molecule has 0 amide bonds. The van der Waals surface area contributed by atoms with Crippen molar-refractivity contribution in [2.45, 2.75) is 96.3 Å². The summed E-state index contributed by atoms with van der Waals surface area (Å²) < 4.78 is 130. The molecule has 21 heteroatoms. The van der Waals surface area contributed by atoms with Gasteiger partial charge in [-0.25, -0.2) is 0 Å². The number of likely N-dealkylation sites (tertiary alicyclic amines) is 2. The van der Waals surface area contributed by atoms with E-state index >= 15 is 0 Å². The van der Waals surface area contributed by atoms with Gasteiger partial charge in [0, 0.05) is 11.9 Å². The van der Waals surface area contributed by atoms with E-state index in [-0.39, 0.29) is 23.6 Å². The Kier molecular flexibility index (Phi) is 20.1. The second-order valence-corrected chi connectivity index (χ2v) is 19.2. The number of halogens is 12. The minimum atomic E-state index is -6.00. The van der Waals surface area contributed by atoms with E-state index in [1.807, 2.05) is 0 Å². The van der Waals surface area contributed by atoms with Crippen molar-refractivity contribution in [3.05, 3.63) is 71.8 Å². The molecule has 298 valence electrons. The van der Waals surface area contributed by atoms with Gasteiger partial charge in [-0.2, -0.15) is 0 Å². The summed E-state index contributed by atoms with van der Waals surface area (Å²) in [6.07, 6.45) is 5.08. The molecule has 0 aliphatic carbocycles. The molecule has 5 rings (SSSR count). The van der Waals surface area contributed by atoms with Gasteiger partial charge in [-0.05, 0) is 59.2 Å². The number of nitrogens with zero attached hydrogens (tertiary/aromatic N) is 2. The molecule has 0 saturated carbocycles. The molecule has 4 nitrogen and oxygen atoms in total. The van der Waals surface area contributed by atoms with Crippen LogP contribution < -0.4 is 0 Å². The van der Waals surface area contributed by atoms with Crippen molar-refractivity contribution in [1.29, 1.82) is 0 Å². The fraction of sp³-hybridized carbons (Fsp3) is 0.625. The molecule has 0 N–H and O–H groups in total. The SMILES string of the molecule is CC1(B2OC(C)(C)C(C)(C)O2)CCN(Cc2ccccc2)CC1.C[C]1([K])CCN(Cc2ccccc2)CC1.F[B-](F)(F)F.F[B-](F)(F)F.F[B-](F)(F)F. The van der Waals surface area contributed by atoms with Crippen molar-refractivity contribution in [2.24, 2.45) is 0 Å². The molecule has 0 bridgehead atoms. The van der Waals surface area contributed by atoms with E-state index < -0.39 is 21.8 Å². The summed E-state index contributed by atoms with van der Waals surface area (Å²) in [5, 5.41) is 0.109. The largest absolute Gasteiger partial charge is 0.673 e. The van der Waals surface area contributed by atoms with Gasteiger partial charge in [-0.3, -0.25) is 4.90 Å². The topological polar surface area (TPSA) is 24.9 Å². The molecular weight excluding hydrogens is 755 g/mol. The predicted octanol–water partition coefficient (Wildman–Crippen LogP) is 10.7. The van der Waals surface area contributed by atoms with Crippen LogP contribution in [0.1, 0.15) is 78.4 Å². The van der Waals surface area contributed by atoms with Crippen LogP contribution in [0, 0.1) is 0 Å². The summed E-state index contributed by atoms with van der Waals surface area (Å²) in [5.74, 6) is 0. The monoisotopic (exact) mass is 803 g/mol. The summed E-state index contributed by atoms with van der Waals surface area (Å²) in [4.78, 5) is 5.14. The van der Waals surface area contributed by atoms with Gasteiger partial charge < -0.3 is 61.1 Å². The van der Waals surface area contributed by atoms with Gasteiger partial charge in [0.05, 0.1) is 11.2 Å². The van der Waals surface area contributed by atoms with Crippen LogP contribution in [-0.4, -0.2) is 125 Å². The van der Waals surface area contributed by atoms with Gasteiger partial charge in [0.15, 0.2) is 0 Å². The zero-order valence-electron chi connectivity index (χ0n) is 31.4. The normalized spacial score (nSPS) is 20.9. The first kappa shape index (κ1) is 50.4. The van der Waals surface area contributed by atoms with Crippen LogP contribution in [0.4, 0.5) is 51.8 Å². The molecule has 2 aromatic carbocycles. The van der Waals surface area contributed by atoms with Crippen molar-refractivity contribution in [2.75, 3.05) is 26.2 Å². The van der Waals surface area contributed by atoms with Gasteiger partial charge in [-0.15, -0.1) is 0 Å². The van der Waals surface area contributed by atoms with Crippen molar-refractivity contribution in [3.63, 3.8) is 0 Å². The second kappa shape index (κ2) is 21.2. The van der Waals surface area contributed by atoms with E-state index in [0.717, 1.165) is 87.5 Å². The Balaban J connectivity index is 0.000000399. The van der Waals surface area contributed by atoms with Crippen molar-refractivity contribution in [3.8, 4) is 0 Å². The number of hydrogen-bond donors (Lipinski definition) is 0. The maximum atomic E-state index is 9.75. The first-order valence-corrected chi connectivity index (χ1v) is 18.9. The van der Waals surface area contributed by atoms with Crippen LogP contribution >= 0.6 is 0 Å². The van der Waals surface area contributed by atoms with Gasteiger partial charge in [0.25, 0.3) is 0 Å². The third-order valence-corrected chi connectivity index (χ3v) is 11.1. The average molecular weight is 803 g/mol. The number of hydrogen-bond acceptors (Lipinski definition) is 4. The molecule has 0 aromatic heterocycles. The van der Waals surface area contributed by atoms with Gasteiger partial charge in [0.1, 0.15) is 0 Å². The third kappa shape index (κ3) is 23.9. The fourth-order valence-corrected chi connectivity index (χ4v) is 6.28. The van der Waals surface area contributed by atoms with Crippen LogP contribution in [0.5, 0.6) is 0 Å².